The Morgan fingerprint density at radius 3 is 1.24 bits per heavy atom. The van der Waals surface area contributed by atoms with Crippen LogP contribution < -0.4 is 5.32 Å². The smallest absolute Gasteiger partial charge is 0.220 e. The fourth-order valence-corrected chi connectivity index (χ4v) is 10.8. The van der Waals surface area contributed by atoms with Gasteiger partial charge >= 0.3 is 0 Å². The number of allylic oxidation sites excluding steroid dienone is 14. The lowest BCUT2D eigenvalue weighted by molar-refractivity contribution is -0.379. The fourth-order valence-electron chi connectivity index (χ4n) is 10.8. The Hall–Kier alpha value is -3.03. The van der Waals surface area contributed by atoms with Crippen molar-refractivity contribution in [1.82, 2.24) is 5.32 Å². The fraction of sp³-hybridized carbons (Fsp3) is 0.779. The van der Waals surface area contributed by atoms with Crippen LogP contribution in [-0.2, 0) is 33.2 Å². The molecule has 3 saturated heterocycles. The van der Waals surface area contributed by atoms with E-state index in [1.54, 1.807) is 0 Å². The molecule has 0 aromatic rings. The molecule has 3 heterocycles. The topological polar surface area (TPSA) is 307 Å². The molecule has 502 valence electrons. The van der Waals surface area contributed by atoms with E-state index in [0.29, 0.717) is 12.8 Å². The van der Waals surface area contributed by atoms with Gasteiger partial charge in [0.15, 0.2) is 18.9 Å². The molecule has 87 heavy (non-hydrogen) atoms. The Balaban J connectivity index is 1.26. The molecule has 0 aromatic carbocycles. The molecule has 3 aliphatic heterocycles. The molecule has 3 fully saturated rings. The Morgan fingerprint density at radius 2 is 0.793 bits per heavy atom. The molecule has 0 aromatic heterocycles. The Bertz CT molecular complexity index is 1910. The zero-order chi connectivity index (χ0) is 63.3. The highest BCUT2D eigenvalue weighted by molar-refractivity contribution is 5.76. The van der Waals surface area contributed by atoms with Gasteiger partial charge in [0.05, 0.1) is 38.6 Å². The van der Waals surface area contributed by atoms with E-state index in [2.05, 4.69) is 104 Å². The van der Waals surface area contributed by atoms with Crippen LogP contribution >= 0.6 is 0 Å². The lowest BCUT2D eigenvalue weighted by atomic mass is 9.96. The predicted molar refractivity (Wildman–Crippen MR) is 337 cm³/mol. The number of nitrogens with one attached hydrogen (secondary N) is 1. The van der Waals surface area contributed by atoms with E-state index in [9.17, 15) is 61.0 Å². The molecular formula is C68H117NO18. The summed E-state index contributed by atoms with van der Waals surface area (Å²) in [6.45, 7) is 1.55. The minimum Gasteiger partial charge on any atom is -0.394 e. The van der Waals surface area contributed by atoms with E-state index in [0.717, 1.165) is 103 Å². The largest absolute Gasteiger partial charge is 0.394 e. The second kappa shape index (κ2) is 49.6. The number of aliphatic hydroxyl groups is 11. The first-order valence-electron chi connectivity index (χ1n) is 33.3. The average molecular weight is 1240 g/mol. The van der Waals surface area contributed by atoms with Crippen molar-refractivity contribution in [2.45, 2.75) is 311 Å². The lowest BCUT2D eigenvalue weighted by Gasteiger charge is -2.48. The molecule has 3 aliphatic rings. The first kappa shape index (κ1) is 78.2. The zero-order valence-corrected chi connectivity index (χ0v) is 52.7. The Morgan fingerprint density at radius 1 is 0.425 bits per heavy atom. The average Bonchev–Trinajstić information content (AvgIpc) is 2.33. The summed E-state index contributed by atoms with van der Waals surface area (Å²) < 4.78 is 34.2. The molecule has 0 spiro atoms. The van der Waals surface area contributed by atoms with Crippen LogP contribution in [0.1, 0.15) is 206 Å². The van der Waals surface area contributed by atoms with Gasteiger partial charge in [-0.2, -0.15) is 0 Å². The van der Waals surface area contributed by atoms with Crippen LogP contribution in [0.5, 0.6) is 0 Å². The van der Waals surface area contributed by atoms with Gasteiger partial charge in [-0.25, -0.2) is 0 Å². The maximum atomic E-state index is 13.3. The molecule has 19 heteroatoms. The quantitative estimate of drug-likeness (QED) is 0.0203. The van der Waals surface area contributed by atoms with Crippen LogP contribution in [0, 0.1) is 0 Å². The van der Waals surface area contributed by atoms with E-state index in [-0.39, 0.29) is 18.9 Å². The Labute approximate surface area is 520 Å². The number of aliphatic hydroxyl groups excluding tert-OH is 11. The maximum Gasteiger partial charge on any atom is 0.220 e. The van der Waals surface area contributed by atoms with Gasteiger partial charge in [0, 0.05) is 6.42 Å². The van der Waals surface area contributed by atoms with Crippen molar-refractivity contribution in [3.63, 3.8) is 0 Å². The van der Waals surface area contributed by atoms with Crippen LogP contribution in [0.25, 0.3) is 0 Å². The zero-order valence-electron chi connectivity index (χ0n) is 52.7. The van der Waals surface area contributed by atoms with E-state index < -0.39 is 124 Å². The van der Waals surface area contributed by atoms with Crippen molar-refractivity contribution in [3.8, 4) is 0 Å². The van der Waals surface area contributed by atoms with Gasteiger partial charge in [-0.15, -0.1) is 0 Å². The summed E-state index contributed by atoms with van der Waals surface area (Å²) in [4.78, 5) is 13.3. The summed E-state index contributed by atoms with van der Waals surface area (Å²) in [5.74, 6) is -0.253. The number of hydrogen-bond acceptors (Lipinski definition) is 18. The number of carbonyl (C=O) groups excluding carboxylic acids is 1. The second-order valence-corrected chi connectivity index (χ2v) is 23.6. The molecular weight excluding hydrogens is 1120 g/mol. The normalized spacial score (nSPS) is 29.1. The first-order valence-corrected chi connectivity index (χ1v) is 33.3. The highest BCUT2D eigenvalue weighted by atomic mass is 16.8. The number of amides is 1. The SMILES string of the molecule is CC/C=C\C/C=C\C/C=C\C/C=C\C/C=C\C/C=C\C/C=C\CCCCCCCCCCCCCCCCCC(=O)NC(COC1OC(CO)C(OC2OC(CO)C(OC3OC(CO)C(O)C(O)C3O)C(O)C2O)C(O)C1O)C(O)CCCCCCC. The lowest BCUT2D eigenvalue weighted by Crippen LogP contribution is -2.66. The molecule has 0 saturated carbocycles. The van der Waals surface area contributed by atoms with Crippen LogP contribution in [0.2, 0.25) is 0 Å². The number of carbonyl (C=O) groups is 1. The predicted octanol–water partition coefficient (Wildman–Crippen LogP) is 7.93. The summed E-state index contributed by atoms with van der Waals surface area (Å²) in [5.41, 5.74) is 0. The first-order chi connectivity index (χ1) is 42.3. The number of hydrogen-bond donors (Lipinski definition) is 12. The standard InChI is InChI=1S/C68H117NO18/c1-3-5-7-9-10-11-12-13-14-15-16-17-18-19-20-21-22-23-24-25-26-27-28-29-30-31-32-33-34-35-36-37-38-39-40-42-44-46-56(74)69-51(52(73)45-43-41-8-6-4-2)50-82-66-62(80)59(77)64(54(48-71)84-66)87-68-63(81)60(78)65(55(49-72)85-68)86-67-61(79)58(76)57(75)53(47-70)83-67/h5,7,10-11,13-14,16-17,19-20,22-23,25-26,51-55,57-68,70-73,75-81H,3-4,6,8-9,12,15,18,21,24,27-50H2,1-2H3,(H,69,74)/b7-5-,11-10-,14-13-,17-16-,20-19-,23-22-,26-25-. The minimum atomic E-state index is -1.97. The molecule has 17 unspecified atom stereocenters. The highest BCUT2D eigenvalue weighted by Gasteiger charge is 2.53. The number of rotatable bonds is 49. The minimum absolute atomic E-state index is 0.253. The number of ether oxygens (including phenoxy) is 6. The van der Waals surface area contributed by atoms with Crippen LogP contribution in [0.4, 0.5) is 0 Å². The van der Waals surface area contributed by atoms with Crippen LogP contribution in [0.3, 0.4) is 0 Å². The van der Waals surface area contributed by atoms with Gasteiger partial charge in [-0.3, -0.25) is 4.79 Å². The summed E-state index contributed by atoms with van der Waals surface area (Å²) in [5, 5.41) is 120. The molecule has 1 amide bonds. The van der Waals surface area contributed by atoms with Gasteiger partial charge in [0.2, 0.25) is 5.91 Å². The van der Waals surface area contributed by atoms with E-state index in [1.807, 2.05) is 0 Å². The number of unbranched alkanes of at least 4 members (excludes halogenated alkanes) is 19. The molecule has 3 rings (SSSR count). The third kappa shape index (κ3) is 32.2. The third-order valence-electron chi connectivity index (χ3n) is 16.2. The van der Waals surface area contributed by atoms with Gasteiger partial charge in [-0.05, 0) is 70.6 Å². The van der Waals surface area contributed by atoms with Crippen molar-refractivity contribution in [1.29, 1.82) is 0 Å². The van der Waals surface area contributed by atoms with Crippen molar-refractivity contribution in [2.24, 2.45) is 0 Å². The van der Waals surface area contributed by atoms with E-state index >= 15 is 0 Å². The third-order valence-corrected chi connectivity index (χ3v) is 16.2. The summed E-state index contributed by atoms with van der Waals surface area (Å²) in [6.07, 6.45) is 36.3. The summed E-state index contributed by atoms with van der Waals surface area (Å²) >= 11 is 0. The van der Waals surface area contributed by atoms with E-state index in [1.165, 1.54) is 70.6 Å². The summed E-state index contributed by atoms with van der Waals surface area (Å²) in [6, 6.07) is -0.886. The second-order valence-electron chi connectivity index (χ2n) is 23.6. The van der Waals surface area contributed by atoms with Gasteiger partial charge in [0.1, 0.15) is 73.2 Å². The highest BCUT2D eigenvalue weighted by Crippen LogP contribution is 2.33. The maximum absolute atomic E-state index is 13.3. The van der Waals surface area contributed by atoms with Crippen LogP contribution in [0.15, 0.2) is 85.1 Å². The van der Waals surface area contributed by atoms with Gasteiger partial charge in [-0.1, -0.05) is 214 Å². The van der Waals surface area contributed by atoms with Crippen molar-refractivity contribution in [2.75, 3.05) is 26.4 Å². The molecule has 0 aliphatic carbocycles. The molecule has 0 radical (unpaired) electrons. The van der Waals surface area contributed by atoms with Gasteiger partial charge < -0.3 is 89.9 Å². The summed E-state index contributed by atoms with van der Waals surface area (Å²) in [7, 11) is 0. The Kier molecular flexibility index (Phi) is 44.6. The van der Waals surface area contributed by atoms with Crippen molar-refractivity contribution in [3.05, 3.63) is 85.1 Å². The van der Waals surface area contributed by atoms with Crippen molar-refractivity contribution < 1.29 is 89.4 Å². The van der Waals surface area contributed by atoms with Crippen LogP contribution in [-0.4, -0.2) is 193 Å². The van der Waals surface area contributed by atoms with Gasteiger partial charge in [0.25, 0.3) is 0 Å². The van der Waals surface area contributed by atoms with E-state index in [4.69, 9.17) is 28.4 Å². The molecule has 12 N–H and O–H groups in total. The molecule has 0 bridgehead atoms. The van der Waals surface area contributed by atoms with Crippen molar-refractivity contribution >= 4 is 5.91 Å². The molecule has 17 atom stereocenters. The monoisotopic (exact) mass is 1240 g/mol. The molecule has 19 nitrogen and oxygen atoms in total.